The fourth-order valence-corrected chi connectivity index (χ4v) is 3.35. The van der Waals surface area contributed by atoms with Gasteiger partial charge in [0, 0.05) is 37.6 Å². The number of hydrogen-bond donors (Lipinski definition) is 1. The number of carbonyl (C=O) groups excluding carboxylic acids is 2. The third-order valence-corrected chi connectivity index (χ3v) is 5.04. The first-order valence-corrected chi connectivity index (χ1v) is 10.2. The van der Waals surface area contributed by atoms with Gasteiger partial charge in [-0.05, 0) is 55.2 Å². The number of carbonyl (C=O) groups is 2. The lowest BCUT2D eigenvalue weighted by atomic mass is 10.0. The summed E-state index contributed by atoms with van der Waals surface area (Å²) in [7, 11) is 0. The van der Waals surface area contributed by atoms with E-state index in [1.165, 1.54) is 29.2 Å². The summed E-state index contributed by atoms with van der Waals surface area (Å²) in [5.74, 6) is -0.850. The van der Waals surface area contributed by atoms with Crippen LogP contribution in [0.1, 0.15) is 31.4 Å². The minimum Gasteiger partial charge on any atom is -0.382 e. The average Bonchev–Trinajstić information content (AvgIpc) is 3.01. The highest BCUT2D eigenvalue weighted by Crippen LogP contribution is 2.31. The molecular weight excluding hydrogens is 398 g/mol. The molecule has 0 bridgehead atoms. The van der Waals surface area contributed by atoms with E-state index in [0.717, 1.165) is 12.0 Å². The number of nitro groups is 1. The Hall–Kier alpha value is -3.52. The summed E-state index contributed by atoms with van der Waals surface area (Å²) in [6.45, 7) is 5.17. The molecule has 0 aliphatic carbocycles. The van der Waals surface area contributed by atoms with Crippen molar-refractivity contribution >= 4 is 28.8 Å². The Bertz CT molecular complexity index is 997. The number of nitro benzene ring substituents is 1. The molecule has 1 heterocycles. The lowest BCUT2D eigenvalue weighted by molar-refractivity contribution is -0.384. The molecule has 1 aliphatic rings. The first-order chi connectivity index (χ1) is 15.0. The number of nitrogens with zero attached hydrogens (tertiary/aromatic N) is 2. The molecule has 0 unspecified atom stereocenters. The standard InChI is InChI=1S/C23H25N3O5/c1-3-16-6-10-18(11-7-16)24-21-20(17-8-12-19(13-9-17)26(29)30)22(27)25(23(21)28)14-5-15-31-4-2/h6-13,24H,3-5,14-15H2,1-2H3. The Morgan fingerprint density at radius 1 is 1.00 bits per heavy atom. The van der Waals surface area contributed by atoms with Gasteiger partial charge in [0.05, 0.1) is 10.5 Å². The van der Waals surface area contributed by atoms with E-state index in [2.05, 4.69) is 12.2 Å². The summed E-state index contributed by atoms with van der Waals surface area (Å²) in [6, 6.07) is 13.3. The summed E-state index contributed by atoms with van der Waals surface area (Å²) < 4.78 is 5.31. The van der Waals surface area contributed by atoms with Crippen LogP contribution in [0, 0.1) is 10.1 Å². The molecule has 0 saturated carbocycles. The Morgan fingerprint density at radius 3 is 2.26 bits per heavy atom. The molecule has 8 heteroatoms. The number of imide groups is 1. The predicted molar refractivity (Wildman–Crippen MR) is 117 cm³/mol. The number of nitrogens with one attached hydrogen (secondary N) is 1. The van der Waals surface area contributed by atoms with Crippen molar-refractivity contribution in [2.24, 2.45) is 0 Å². The van der Waals surface area contributed by atoms with Gasteiger partial charge in [-0.2, -0.15) is 0 Å². The largest absolute Gasteiger partial charge is 0.382 e. The molecule has 0 fully saturated rings. The van der Waals surface area contributed by atoms with Crippen LogP contribution in [0.15, 0.2) is 54.2 Å². The summed E-state index contributed by atoms with van der Waals surface area (Å²) >= 11 is 0. The summed E-state index contributed by atoms with van der Waals surface area (Å²) in [5, 5.41) is 14.1. The van der Waals surface area contributed by atoms with E-state index in [9.17, 15) is 19.7 Å². The number of anilines is 1. The van der Waals surface area contributed by atoms with Gasteiger partial charge in [0.1, 0.15) is 5.70 Å². The van der Waals surface area contributed by atoms with Crippen LogP contribution in [-0.2, 0) is 20.7 Å². The maximum atomic E-state index is 13.1. The first kappa shape index (κ1) is 22.2. The monoisotopic (exact) mass is 423 g/mol. The molecule has 1 aliphatic heterocycles. The molecule has 0 radical (unpaired) electrons. The highest BCUT2D eigenvalue weighted by molar-refractivity contribution is 6.36. The van der Waals surface area contributed by atoms with Crippen molar-refractivity contribution in [1.82, 2.24) is 4.90 Å². The Kier molecular flexibility index (Phi) is 7.15. The number of rotatable bonds is 10. The second kappa shape index (κ2) is 9.99. The lowest BCUT2D eigenvalue weighted by Gasteiger charge is -2.15. The molecule has 0 saturated heterocycles. The molecular formula is C23H25N3O5. The van der Waals surface area contributed by atoms with Gasteiger partial charge in [-0.25, -0.2) is 0 Å². The molecule has 2 aromatic carbocycles. The van der Waals surface area contributed by atoms with Gasteiger partial charge in [0.2, 0.25) is 0 Å². The van der Waals surface area contributed by atoms with E-state index >= 15 is 0 Å². The molecule has 3 rings (SSSR count). The van der Waals surface area contributed by atoms with Crippen molar-refractivity contribution in [2.45, 2.75) is 26.7 Å². The molecule has 162 valence electrons. The topological polar surface area (TPSA) is 102 Å². The van der Waals surface area contributed by atoms with Crippen LogP contribution in [0.2, 0.25) is 0 Å². The van der Waals surface area contributed by atoms with E-state index in [0.29, 0.717) is 30.9 Å². The van der Waals surface area contributed by atoms with Gasteiger partial charge in [-0.1, -0.05) is 19.1 Å². The molecule has 2 aromatic rings. The zero-order valence-corrected chi connectivity index (χ0v) is 17.6. The zero-order valence-electron chi connectivity index (χ0n) is 17.6. The average molecular weight is 423 g/mol. The van der Waals surface area contributed by atoms with E-state index in [4.69, 9.17) is 4.74 Å². The van der Waals surface area contributed by atoms with Crippen molar-refractivity contribution in [3.63, 3.8) is 0 Å². The van der Waals surface area contributed by atoms with Crippen LogP contribution in [0.25, 0.3) is 5.57 Å². The lowest BCUT2D eigenvalue weighted by Crippen LogP contribution is -2.34. The Labute approximate surface area is 180 Å². The highest BCUT2D eigenvalue weighted by Gasteiger charge is 2.39. The smallest absolute Gasteiger partial charge is 0.278 e. The van der Waals surface area contributed by atoms with Gasteiger partial charge >= 0.3 is 0 Å². The third-order valence-electron chi connectivity index (χ3n) is 5.04. The molecule has 2 amide bonds. The van der Waals surface area contributed by atoms with Crippen molar-refractivity contribution < 1.29 is 19.2 Å². The number of aryl methyl sites for hydroxylation is 1. The van der Waals surface area contributed by atoms with Crippen LogP contribution in [-0.4, -0.2) is 41.4 Å². The molecule has 0 atom stereocenters. The number of hydrogen-bond acceptors (Lipinski definition) is 6. The normalized spacial score (nSPS) is 13.8. The predicted octanol–water partition coefficient (Wildman–Crippen LogP) is 3.78. The Morgan fingerprint density at radius 2 is 1.68 bits per heavy atom. The fraction of sp³-hybridized carbons (Fsp3) is 0.304. The number of amides is 2. The van der Waals surface area contributed by atoms with E-state index < -0.39 is 16.7 Å². The van der Waals surface area contributed by atoms with Crippen LogP contribution in [0.4, 0.5) is 11.4 Å². The van der Waals surface area contributed by atoms with Crippen molar-refractivity contribution in [2.75, 3.05) is 25.1 Å². The van der Waals surface area contributed by atoms with Gasteiger partial charge in [-0.15, -0.1) is 0 Å². The molecule has 0 spiro atoms. The van der Waals surface area contributed by atoms with E-state index in [-0.39, 0.29) is 23.5 Å². The Balaban J connectivity index is 1.94. The van der Waals surface area contributed by atoms with Crippen LogP contribution in [0.5, 0.6) is 0 Å². The van der Waals surface area contributed by atoms with Gasteiger partial charge < -0.3 is 10.1 Å². The van der Waals surface area contributed by atoms with Gasteiger partial charge in [0.15, 0.2) is 0 Å². The quantitative estimate of drug-likeness (QED) is 0.270. The van der Waals surface area contributed by atoms with E-state index in [1.807, 2.05) is 31.2 Å². The number of non-ortho nitro benzene ring substituents is 1. The van der Waals surface area contributed by atoms with Crippen LogP contribution >= 0.6 is 0 Å². The molecule has 31 heavy (non-hydrogen) atoms. The number of benzene rings is 2. The fourth-order valence-electron chi connectivity index (χ4n) is 3.35. The minimum atomic E-state index is -0.506. The zero-order chi connectivity index (χ0) is 22.4. The van der Waals surface area contributed by atoms with Crippen molar-refractivity contribution in [1.29, 1.82) is 0 Å². The van der Waals surface area contributed by atoms with Crippen LogP contribution < -0.4 is 5.32 Å². The molecule has 1 N–H and O–H groups in total. The minimum absolute atomic E-state index is 0.0839. The summed E-state index contributed by atoms with van der Waals surface area (Å²) in [5.41, 5.74) is 2.57. The van der Waals surface area contributed by atoms with Gasteiger partial charge in [0.25, 0.3) is 17.5 Å². The first-order valence-electron chi connectivity index (χ1n) is 10.2. The van der Waals surface area contributed by atoms with E-state index in [1.54, 1.807) is 0 Å². The third kappa shape index (κ3) is 4.97. The summed E-state index contributed by atoms with van der Waals surface area (Å²) in [6.07, 6.45) is 1.42. The maximum Gasteiger partial charge on any atom is 0.278 e. The molecule has 0 aromatic heterocycles. The van der Waals surface area contributed by atoms with Crippen molar-refractivity contribution in [3.8, 4) is 0 Å². The van der Waals surface area contributed by atoms with Crippen LogP contribution in [0.3, 0.4) is 0 Å². The van der Waals surface area contributed by atoms with Gasteiger partial charge in [-0.3, -0.25) is 24.6 Å². The van der Waals surface area contributed by atoms with Crippen molar-refractivity contribution in [3.05, 3.63) is 75.5 Å². The SMILES string of the molecule is CCOCCCN1C(=O)C(Nc2ccc(CC)cc2)=C(c2ccc([N+](=O)[O-])cc2)C1=O. The second-order valence-electron chi connectivity index (χ2n) is 7.04. The second-order valence-corrected chi connectivity index (χ2v) is 7.04. The highest BCUT2D eigenvalue weighted by atomic mass is 16.6. The molecule has 8 nitrogen and oxygen atoms in total. The maximum absolute atomic E-state index is 13.1. The summed E-state index contributed by atoms with van der Waals surface area (Å²) in [4.78, 5) is 37.9. The number of ether oxygens (including phenoxy) is 1.